The zero-order valence-electron chi connectivity index (χ0n) is 18.9. The molecular formula is C27H33N3OS. The Bertz CT molecular complexity index is 925. The summed E-state index contributed by atoms with van der Waals surface area (Å²) < 4.78 is 0. The molecule has 0 bridgehead atoms. The lowest BCUT2D eigenvalue weighted by atomic mass is 9.96. The summed E-state index contributed by atoms with van der Waals surface area (Å²) in [6.45, 7) is 8.21. The van der Waals surface area contributed by atoms with E-state index in [4.69, 9.17) is 0 Å². The number of carbonyl (C=O) groups is 1. The van der Waals surface area contributed by atoms with Crippen LogP contribution in [0.15, 0.2) is 72.8 Å². The smallest absolute Gasteiger partial charge is 0.261 e. The van der Waals surface area contributed by atoms with Crippen molar-refractivity contribution in [3.05, 3.63) is 93.7 Å². The van der Waals surface area contributed by atoms with Crippen molar-refractivity contribution in [3.8, 4) is 0 Å². The first kappa shape index (κ1) is 22.7. The van der Waals surface area contributed by atoms with Gasteiger partial charge in [0.25, 0.3) is 5.91 Å². The maximum absolute atomic E-state index is 12.1. The second-order valence-electron chi connectivity index (χ2n) is 8.47. The van der Waals surface area contributed by atoms with Gasteiger partial charge >= 0.3 is 0 Å². The van der Waals surface area contributed by atoms with Crippen molar-refractivity contribution in [2.75, 3.05) is 39.3 Å². The molecule has 32 heavy (non-hydrogen) atoms. The number of aryl methyl sites for hydroxylation is 1. The molecule has 1 fully saturated rings. The van der Waals surface area contributed by atoms with Crippen molar-refractivity contribution in [2.24, 2.45) is 0 Å². The minimum Gasteiger partial charge on any atom is -0.351 e. The second kappa shape index (κ2) is 11.4. The van der Waals surface area contributed by atoms with E-state index in [0.717, 1.165) is 57.0 Å². The molecule has 1 aromatic heterocycles. The Labute approximate surface area is 195 Å². The molecule has 1 aliphatic heterocycles. The molecule has 0 aliphatic carbocycles. The highest BCUT2D eigenvalue weighted by molar-refractivity contribution is 7.13. The monoisotopic (exact) mass is 447 g/mol. The first-order valence-electron chi connectivity index (χ1n) is 11.6. The normalized spacial score (nSPS) is 15.2. The van der Waals surface area contributed by atoms with Crippen LogP contribution in [0, 0.1) is 6.92 Å². The number of nitrogens with one attached hydrogen (secondary N) is 1. The van der Waals surface area contributed by atoms with Crippen LogP contribution in [-0.2, 0) is 0 Å². The Kier molecular flexibility index (Phi) is 8.10. The highest BCUT2D eigenvalue weighted by Crippen LogP contribution is 2.29. The van der Waals surface area contributed by atoms with Crippen LogP contribution in [0.25, 0.3) is 0 Å². The summed E-state index contributed by atoms with van der Waals surface area (Å²) in [6, 6.07) is 25.9. The Hall–Kier alpha value is -2.47. The molecule has 0 unspecified atom stereocenters. The summed E-state index contributed by atoms with van der Waals surface area (Å²) in [5, 5.41) is 3.05. The Morgan fingerprint density at radius 2 is 1.50 bits per heavy atom. The van der Waals surface area contributed by atoms with Gasteiger partial charge in [-0.3, -0.25) is 9.69 Å². The van der Waals surface area contributed by atoms with Gasteiger partial charge in [0, 0.05) is 37.6 Å². The average molecular weight is 448 g/mol. The summed E-state index contributed by atoms with van der Waals surface area (Å²) in [5.41, 5.74) is 2.73. The molecule has 1 amide bonds. The highest BCUT2D eigenvalue weighted by atomic mass is 32.1. The molecule has 4 nitrogen and oxygen atoms in total. The van der Waals surface area contributed by atoms with Crippen LogP contribution in [-0.4, -0.2) is 55.0 Å². The molecule has 5 heteroatoms. The number of carbonyl (C=O) groups excluding carboxylic acids is 1. The molecule has 0 saturated carbocycles. The SMILES string of the molecule is Cc1ccc(C(=O)NCCCCN2CCN(C(c3ccccc3)c3ccccc3)CC2)s1. The minimum absolute atomic E-state index is 0.0598. The minimum atomic E-state index is 0.0598. The zero-order chi connectivity index (χ0) is 22.2. The number of amides is 1. The zero-order valence-corrected chi connectivity index (χ0v) is 19.7. The van der Waals surface area contributed by atoms with Crippen LogP contribution >= 0.6 is 11.3 Å². The van der Waals surface area contributed by atoms with E-state index in [1.54, 1.807) is 11.3 Å². The molecule has 1 aliphatic rings. The van der Waals surface area contributed by atoms with Crippen LogP contribution in [0.2, 0.25) is 0 Å². The lowest BCUT2D eigenvalue weighted by molar-refractivity contribution is 0.0953. The molecule has 2 heterocycles. The summed E-state index contributed by atoms with van der Waals surface area (Å²) >= 11 is 1.56. The number of rotatable bonds is 9. The molecule has 1 N–H and O–H groups in total. The molecule has 168 valence electrons. The summed E-state index contributed by atoms with van der Waals surface area (Å²) in [4.78, 5) is 19.3. The van der Waals surface area contributed by atoms with Crippen LogP contribution in [0.3, 0.4) is 0 Å². The van der Waals surface area contributed by atoms with Gasteiger partial charge in [0.15, 0.2) is 0 Å². The van der Waals surface area contributed by atoms with Gasteiger partial charge < -0.3 is 10.2 Å². The van der Waals surface area contributed by atoms with Gasteiger partial charge in [-0.15, -0.1) is 11.3 Å². The fraction of sp³-hybridized carbons (Fsp3) is 0.370. The number of unbranched alkanes of at least 4 members (excludes halogenated alkanes) is 1. The second-order valence-corrected chi connectivity index (χ2v) is 9.76. The molecule has 2 aromatic carbocycles. The third kappa shape index (κ3) is 6.06. The van der Waals surface area contributed by atoms with Crippen molar-refractivity contribution in [2.45, 2.75) is 25.8 Å². The Balaban J connectivity index is 1.22. The molecule has 0 spiro atoms. The first-order chi connectivity index (χ1) is 15.7. The summed E-state index contributed by atoms with van der Waals surface area (Å²) in [7, 11) is 0. The number of piperazine rings is 1. The highest BCUT2D eigenvalue weighted by Gasteiger charge is 2.26. The molecule has 0 atom stereocenters. The van der Waals surface area contributed by atoms with Crippen molar-refractivity contribution < 1.29 is 4.79 Å². The maximum Gasteiger partial charge on any atom is 0.261 e. The van der Waals surface area contributed by atoms with Gasteiger partial charge in [-0.1, -0.05) is 60.7 Å². The third-order valence-electron chi connectivity index (χ3n) is 6.15. The number of hydrogen-bond acceptors (Lipinski definition) is 4. The number of benzene rings is 2. The number of thiophene rings is 1. The first-order valence-corrected chi connectivity index (χ1v) is 12.4. The van der Waals surface area contributed by atoms with Gasteiger partial charge in [-0.2, -0.15) is 0 Å². The lowest BCUT2D eigenvalue weighted by Crippen LogP contribution is -2.48. The number of hydrogen-bond donors (Lipinski definition) is 1. The van der Waals surface area contributed by atoms with Gasteiger partial charge in [-0.25, -0.2) is 0 Å². The number of nitrogens with zero attached hydrogens (tertiary/aromatic N) is 2. The van der Waals surface area contributed by atoms with E-state index >= 15 is 0 Å². The Morgan fingerprint density at radius 1 is 0.875 bits per heavy atom. The van der Waals surface area contributed by atoms with Gasteiger partial charge in [0.1, 0.15) is 0 Å². The van der Waals surface area contributed by atoms with Crippen LogP contribution in [0.4, 0.5) is 0 Å². The predicted octanol–water partition coefficient (Wildman–Crippen LogP) is 4.97. The van der Waals surface area contributed by atoms with E-state index in [2.05, 4.69) is 75.8 Å². The van der Waals surface area contributed by atoms with Gasteiger partial charge in [0.2, 0.25) is 0 Å². The molecular weight excluding hydrogens is 414 g/mol. The van der Waals surface area contributed by atoms with Crippen LogP contribution in [0.5, 0.6) is 0 Å². The van der Waals surface area contributed by atoms with Gasteiger partial charge in [-0.05, 0) is 49.6 Å². The summed E-state index contributed by atoms with van der Waals surface area (Å²) in [6.07, 6.45) is 2.14. The predicted molar refractivity (Wildman–Crippen MR) is 133 cm³/mol. The summed E-state index contributed by atoms with van der Waals surface area (Å²) in [5.74, 6) is 0.0598. The lowest BCUT2D eigenvalue weighted by Gasteiger charge is -2.39. The van der Waals surface area contributed by atoms with E-state index in [9.17, 15) is 4.79 Å². The maximum atomic E-state index is 12.1. The van der Waals surface area contributed by atoms with E-state index < -0.39 is 0 Å². The molecule has 4 rings (SSSR count). The van der Waals surface area contributed by atoms with Crippen molar-refractivity contribution >= 4 is 17.2 Å². The standard InChI is InChI=1S/C27H33N3OS/c1-22-14-15-25(32-22)27(31)28-16-8-9-17-29-18-20-30(21-19-29)26(23-10-4-2-5-11-23)24-12-6-3-7-13-24/h2-7,10-15,26H,8-9,16-21H2,1H3,(H,28,31). The van der Waals surface area contributed by atoms with Crippen molar-refractivity contribution in [3.63, 3.8) is 0 Å². The van der Waals surface area contributed by atoms with Crippen molar-refractivity contribution in [1.29, 1.82) is 0 Å². The fourth-order valence-corrected chi connectivity index (χ4v) is 5.22. The third-order valence-corrected chi connectivity index (χ3v) is 7.15. The Morgan fingerprint density at radius 3 is 2.06 bits per heavy atom. The van der Waals surface area contributed by atoms with E-state index in [1.165, 1.54) is 16.0 Å². The van der Waals surface area contributed by atoms with Gasteiger partial charge in [0.05, 0.1) is 10.9 Å². The van der Waals surface area contributed by atoms with Crippen LogP contribution in [0.1, 0.15) is 44.6 Å². The quantitative estimate of drug-likeness (QED) is 0.470. The average Bonchev–Trinajstić information content (AvgIpc) is 3.28. The van der Waals surface area contributed by atoms with Crippen molar-refractivity contribution in [1.82, 2.24) is 15.1 Å². The molecule has 1 saturated heterocycles. The largest absolute Gasteiger partial charge is 0.351 e. The molecule has 3 aromatic rings. The van der Waals surface area contributed by atoms with E-state index in [1.807, 2.05) is 19.1 Å². The topological polar surface area (TPSA) is 35.6 Å². The van der Waals surface area contributed by atoms with E-state index in [-0.39, 0.29) is 5.91 Å². The van der Waals surface area contributed by atoms with Crippen LogP contribution < -0.4 is 5.32 Å². The molecule has 0 radical (unpaired) electrons. The fourth-order valence-electron chi connectivity index (χ4n) is 4.44. The van der Waals surface area contributed by atoms with E-state index in [0.29, 0.717) is 6.04 Å².